The van der Waals surface area contributed by atoms with Gasteiger partial charge in [-0.2, -0.15) is 0 Å². The fourth-order valence-electron chi connectivity index (χ4n) is 4.49. The lowest BCUT2D eigenvalue weighted by molar-refractivity contribution is 0.462. The number of fused-ring (bicyclic) bond motifs is 1. The zero-order chi connectivity index (χ0) is 21.2. The third kappa shape index (κ3) is 4.24. The van der Waals surface area contributed by atoms with Crippen LogP contribution in [0, 0.1) is 6.92 Å². The minimum absolute atomic E-state index is 0.483. The Hall–Kier alpha value is -3.41. The molecule has 0 unspecified atom stereocenters. The first-order valence-electron chi connectivity index (χ1n) is 11.1. The van der Waals surface area contributed by atoms with Crippen LogP contribution >= 0.6 is 0 Å². The van der Waals surface area contributed by atoms with Crippen LogP contribution < -0.4 is 11.1 Å². The minimum atomic E-state index is 0.483. The topological polar surface area (TPSA) is 81.1 Å². The number of nitrogens with two attached hydrogens (primary N) is 1. The first-order chi connectivity index (χ1) is 15.2. The van der Waals surface area contributed by atoms with Crippen molar-refractivity contribution in [3.05, 3.63) is 71.5 Å². The van der Waals surface area contributed by atoms with Gasteiger partial charge in [0.25, 0.3) is 0 Å². The molecule has 1 aromatic carbocycles. The molecule has 6 nitrogen and oxygen atoms in total. The molecule has 1 fully saturated rings. The average Bonchev–Trinajstić information content (AvgIpc) is 3.12. The third-order valence-electron chi connectivity index (χ3n) is 6.04. The number of pyridine rings is 1. The summed E-state index contributed by atoms with van der Waals surface area (Å²) >= 11 is 0. The van der Waals surface area contributed by atoms with Crippen LogP contribution in [-0.2, 0) is 6.42 Å². The van der Waals surface area contributed by atoms with Gasteiger partial charge in [-0.05, 0) is 55.7 Å². The van der Waals surface area contributed by atoms with E-state index in [0.29, 0.717) is 18.3 Å². The smallest absolute Gasteiger partial charge is 0.154 e. The molecule has 0 amide bonds. The summed E-state index contributed by atoms with van der Waals surface area (Å²) < 4.78 is 1.88. The van der Waals surface area contributed by atoms with Crippen molar-refractivity contribution in [1.82, 2.24) is 19.6 Å². The molecule has 158 valence electrons. The second kappa shape index (κ2) is 8.38. The molecule has 5 rings (SSSR count). The number of nitrogens with zero attached hydrogens (tertiary/aromatic N) is 4. The van der Waals surface area contributed by atoms with Crippen LogP contribution in [0.4, 0.5) is 11.6 Å². The molecule has 0 saturated heterocycles. The summed E-state index contributed by atoms with van der Waals surface area (Å²) in [6.07, 6.45) is 8.97. The Morgan fingerprint density at radius 2 is 1.94 bits per heavy atom. The Balaban J connectivity index is 1.51. The Morgan fingerprint density at radius 3 is 2.77 bits per heavy atom. The van der Waals surface area contributed by atoms with Crippen molar-refractivity contribution < 1.29 is 0 Å². The highest BCUT2D eigenvalue weighted by Crippen LogP contribution is 2.28. The number of hydrogen-bond donors (Lipinski definition) is 2. The Labute approximate surface area is 182 Å². The summed E-state index contributed by atoms with van der Waals surface area (Å²) in [4.78, 5) is 9.45. The number of aryl methyl sites for hydroxylation is 1. The summed E-state index contributed by atoms with van der Waals surface area (Å²) in [5, 5.41) is 8.19. The molecule has 1 saturated carbocycles. The summed E-state index contributed by atoms with van der Waals surface area (Å²) in [7, 11) is 0. The lowest BCUT2D eigenvalue weighted by atomic mass is 9.95. The van der Waals surface area contributed by atoms with Gasteiger partial charge >= 0.3 is 0 Å². The van der Waals surface area contributed by atoms with Gasteiger partial charge in [0.05, 0.1) is 11.4 Å². The molecule has 0 spiro atoms. The first-order valence-corrected chi connectivity index (χ1v) is 11.1. The van der Waals surface area contributed by atoms with Crippen molar-refractivity contribution >= 4 is 17.3 Å². The largest absolute Gasteiger partial charge is 0.382 e. The van der Waals surface area contributed by atoms with Crippen LogP contribution in [0.3, 0.4) is 0 Å². The van der Waals surface area contributed by atoms with E-state index in [4.69, 9.17) is 10.7 Å². The molecule has 0 bridgehead atoms. The molecule has 3 N–H and O–H groups in total. The molecule has 3 aromatic heterocycles. The number of anilines is 2. The Kier molecular flexibility index (Phi) is 5.28. The maximum absolute atomic E-state index is 6.01. The highest BCUT2D eigenvalue weighted by Gasteiger charge is 2.17. The van der Waals surface area contributed by atoms with Crippen LogP contribution in [0.1, 0.15) is 48.9 Å². The average molecular weight is 413 g/mol. The van der Waals surface area contributed by atoms with Crippen LogP contribution in [0.5, 0.6) is 0 Å². The second-order valence-corrected chi connectivity index (χ2v) is 8.51. The quantitative estimate of drug-likeness (QED) is 0.481. The molecule has 3 heterocycles. The van der Waals surface area contributed by atoms with Crippen LogP contribution in [0.25, 0.3) is 16.9 Å². The second-order valence-electron chi connectivity index (χ2n) is 8.51. The van der Waals surface area contributed by atoms with Crippen molar-refractivity contribution in [2.75, 3.05) is 11.1 Å². The number of aromatic nitrogens is 4. The van der Waals surface area contributed by atoms with E-state index in [0.717, 1.165) is 28.4 Å². The van der Waals surface area contributed by atoms with E-state index in [2.05, 4.69) is 58.7 Å². The lowest BCUT2D eigenvalue weighted by Gasteiger charge is -2.23. The van der Waals surface area contributed by atoms with Crippen molar-refractivity contribution in [2.45, 2.75) is 51.5 Å². The SMILES string of the molecule is Cc1cccc(-c2nc3ccc(N)nn3c2Cc2ccnc(NC3CCCCC3)c2)c1. The first kappa shape index (κ1) is 19.5. The number of hydrogen-bond acceptors (Lipinski definition) is 5. The van der Waals surface area contributed by atoms with Crippen molar-refractivity contribution in [3.8, 4) is 11.3 Å². The molecule has 1 aliphatic rings. The van der Waals surface area contributed by atoms with Gasteiger partial charge in [-0.15, -0.1) is 5.10 Å². The molecular weight excluding hydrogens is 384 g/mol. The van der Waals surface area contributed by atoms with E-state index in [-0.39, 0.29) is 0 Å². The zero-order valence-corrected chi connectivity index (χ0v) is 17.9. The van der Waals surface area contributed by atoms with Gasteiger partial charge in [-0.25, -0.2) is 14.5 Å². The third-order valence-corrected chi connectivity index (χ3v) is 6.04. The fraction of sp³-hybridized carbons (Fsp3) is 0.320. The highest BCUT2D eigenvalue weighted by atomic mass is 15.3. The van der Waals surface area contributed by atoms with E-state index in [1.807, 2.05) is 16.8 Å². The van der Waals surface area contributed by atoms with Crippen LogP contribution in [0.15, 0.2) is 54.7 Å². The normalized spacial score (nSPS) is 14.7. The highest BCUT2D eigenvalue weighted by molar-refractivity contribution is 5.68. The van der Waals surface area contributed by atoms with Crippen molar-refractivity contribution in [1.29, 1.82) is 0 Å². The standard InChI is InChI=1S/C25H28N6/c1-17-6-5-7-19(14-17)25-21(31-24(29-25)11-10-22(26)30-31)15-18-12-13-27-23(16-18)28-20-8-3-2-4-9-20/h5-7,10-14,16,20H,2-4,8-9,15H2,1H3,(H2,26,30)(H,27,28). The minimum Gasteiger partial charge on any atom is -0.382 e. The lowest BCUT2D eigenvalue weighted by Crippen LogP contribution is -2.22. The molecule has 0 aliphatic heterocycles. The summed E-state index contributed by atoms with van der Waals surface area (Å²) in [5.41, 5.74) is 12.3. The maximum Gasteiger partial charge on any atom is 0.154 e. The van der Waals surface area contributed by atoms with Crippen LogP contribution in [0.2, 0.25) is 0 Å². The molecule has 0 atom stereocenters. The maximum atomic E-state index is 6.01. The molecule has 31 heavy (non-hydrogen) atoms. The fourth-order valence-corrected chi connectivity index (χ4v) is 4.49. The number of imidazole rings is 1. The van der Waals surface area contributed by atoms with Crippen LogP contribution in [-0.4, -0.2) is 25.6 Å². The van der Waals surface area contributed by atoms with E-state index in [9.17, 15) is 0 Å². The predicted octanol–water partition coefficient (Wildman–Crippen LogP) is 5.02. The van der Waals surface area contributed by atoms with Gasteiger partial charge in [0, 0.05) is 24.2 Å². The summed E-state index contributed by atoms with van der Waals surface area (Å²) in [6.45, 7) is 2.10. The Morgan fingerprint density at radius 1 is 1.06 bits per heavy atom. The molecule has 0 radical (unpaired) electrons. The van der Waals surface area contributed by atoms with Gasteiger partial charge in [0.1, 0.15) is 11.6 Å². The molecular formula is C25H28N6. The van der Waals surface area contributed by atoms with E-state index < -0.39 is 0 Å². The van der Waals surface area contributed by atoms with E-state index in [1.165, 1.54) is 43.2 Å². The number of rotatable bonds is 5. The van der Waals surface area contributed by atoms with Gasteiger partial charge in [0.15, 0.2) is 5.65 Å². The van der Waals surface area contributed by atoms with Gasteiger partial charge in [-0.3, -0.25) is 0 Å². The number of benzene rings is 1. The monoisotopic (exact) mass is 412 g/mol. The number of nitrogen functional groups attached to an aromatic ring is 1. The number of nitrogens with one attached hydrogen (secondary N) is 1. The molecule has 4 aromatic rings. The zero-order valence-electron chi connectivity index (χ0n) is 17.9. The summed E-state index contributed by atoms with van der Waals surface area (Å²) in [6, 6.07) is 16.9. The Bertz CT molecular complexity index is 1210. The van der Waals surface area contributed by atoms with Crippen molar-refractivity contribution in [2.24, 2.45) is 0 Å². The van der Waals surface area contributed by atoms with E-state index in [1.54, 1.807) is 6.07 Å². The van der Waals surface area contributed by atoms with Gasteiger partial charge < -0.3 is 11.1 Å². The van der Waals surface area contributed by atoms with E-state index >= 15 is 0 Å². The molecule has 1 aliphatic carbocycles. The van der Waals surface area contributed by atoms with Gasteiger partial charge in [0.2, 0.25) is 0 Å². The van der Waals surface area contributed by atoms with Gasteiger partial charge in [-0.1, -0.05) is 43.0 Å². The van der Waals surface area contributed by atoms with Crippen molar-refractivity contribution in [3.63, 3.8) is 0 Å². The summed E-state index contributed by atoms with van der Waals surface area (Å²) in [5.74, 6) is 1.43. The predicted molar refractivity (Wildman–Crippen MR) is 125 cm³/mol. The molecule has 6 heteroatoms.